The molecule has 1 aromatic heterocycles. The van der Waals surface area contributed by atoms with Gasteiger partial charge in [0.05, 0.1) is 21.7 Å². The number of carbonyl (C=O) groups is 1. The lowest BCUT2D eigenvalue weighted by molar-refractivity contribution is 0.112. The van der Waals surface area contributed by atoms with Crippen LogP contribution >= 0.6 is 11.6 Å². The van der Waals surface area contributed by atoms with Crippen LogP contribution in [-0.2, 0) is 0 Å². The molecular weight excluding hydrogens is 294 g/mol. The molecule has 0 saturated carbocycles. The third-order valence-electron chi connectivity index (χ3n) is 3.93. The second-order valence-corrected chi connectivity index (χ2v) is 5.61. The largest absolute Gasteiger partial charge is 0.308 e. The van der Waals surface area contributed by atoms with Gasteiger partial charge in [-0.25, -0.2) is 0 Å². The van der Waals surface area contributed by atoms with Crippen molar-refractivity contribution < 1.29 is 4.79 Å². The summed E-state index contributed by atoms with van der Waals surface area (Å²) in [6.45, 7) is 0. The second-order valence-electron chi connectivity index (χ2n) is 5.20. The summed E-state index contributed by atoms with van der Waals surface area (Å²) in [4.78, 5) is 10.9. The first kappa shape index (κ1) is 13.1. The molecule has 106 valence electrons. The van der Waals surface area contributed by atoms with E-state index in [1.54, 1.807) is 12.1 Å². The molecule has 0 amide bonds. The van der Waals surface area contributed by atoms with Gasteiger partial charge in [-0.3, -0.25) is 4.79 Å². The highest BCUT2D eigenvalue weighted by molar-refractivity contribution is 6.33. The summed E-state index contributed by atoms with van der Waals surface area (Å²) >= 11 is 6.42. The van der Waals surface area contributed by atoms with Gasteiger partial charge in [-0.15, -0.1) is 0 Å². The summed E-state index contributed by atoms with van der Waals surface area (Å²) in [5.74, 6) is 0. The molecule has 0 spiro atoms. The van der Waals surface area contributed by atoms with Crippen LogP contribution in [0.4, 0.5) is 0 Å². The predicted octanol–water partition coefficient (Wildman–Crippen LogP) is 5.25. The first-order valence-electron chi connectivity index (χ1n) is 7.03. The quantitative estimate of drug-likeness (QED) is 0.464. The third-order valence-corrected chi connectivity index (χ3v) is 4.23. The first-order valence-corrected chi connectivity index (χ1v) is 7.40. The highest BCUT2D eigenvalue weighted by atomic mass is 35.5. The Morgan fingerprint density at radius 2 is 1.41 bits per heavy atom. The zero-order valence-electron chi connectivity index (χ0n) is 11.7. The number of nitrogens with zero attached hydrogens (tertiary/aromatic N) is 1. The molecule has 2 nitrogen and oxygen atoms in total. The standard InChI is InChI=1S/C19H12ClNO/c20-16-11-13(12-22)9-10-19(16)21-17-7-3-1-5-14(17)15-6-2-4-8-18(15)21/h1-12H. The van der Waals surface area contributed by atoms with Gasteiger partial charge >= 0.3 is 0 Å². The molecule has 0 aliphatic heterocycles. The van der Waals surface area contributed by atoms with E-state index in [1.165, 1.54) is 10.8 Å². The molecule has 0 aliphatic carbocycles. The van der Waals surface area contributed by atoms with Gasteiger partial charge in [-0.1, -0.05) is 48.0 Å². The highest BCUT2D eigenvalue weighted by Gasteiger charge is 2.13. The molecule has 0 N–H and O–H groups in total. The monoisotopic (exact) mass is 305 g/mol. The average Bonchev–Trinajstić information content (AvgIpc) is 2.89. The summed E-state index contributed by atoms with van der Waals surface area (Å²) in [6, 6.07) is 21.9. The van der Waals surface area contributed by atoms with Crippen LogP contribution in [0.25, 0.3) is 27.5 Å². The molecular formula is C19H12ClNO. The van der Waals surface area contributed by atoms with Gasteiger partial charge in [0, 0.05) is 16.3 Å². The van der Waals surface area contributed by atoms with E-state index in [2.05, 4.69) is 28.8 Å². The Hall–Kier alpha value is -2.58. The summed E-state index contributed by atoms with van der Waals surface area (Å²) < 4.78 is 2.14. The Bertz CT molecular complexity index is 963. The second kappa shape index (κ2) is 5.00. The number of halogens is 1. The minimum atomic E-state index is 0.566. The fourth-order valence-corrected chi connectivity index (χ4v) is 3.23. The van der Waals surface area contributed by atoms with Crippen LogP contribution in [0, 0.1) is 0 Å². The van der Waals surface area contributed by atoms with Crippen molar-refractivity contribution in [1.82, 2.24) is 4.57 Å². The number of hydrogen-bond acceptors (Lipinski definition) is 1. The molecule has 22 heavy (non-hydrogen) atoms. The molecule has 3 heteroatoms. The number of rotatable bonds is 2. The van der Waals surface area contributed by atoms with Gasteiger partial charge in [-0.2, -0.15) is 0 Å². The maximum Gasteiger partial charge on any atom is 0.150 e. The number of benzene rings is 3. The number of aldehydes is 1. The molecule has 0 fully saturated rings. The minimum Gasteiger partial charge on any atom is -0.308 e. The molecule has 0 aliphatic rings. The summed E-state index contributed by atoms with van der Waals surface area (Å²) in [7, 11) is 0. The fraction of sp³-hybridized carbons (Fsp3) is 0. The number of hydrogen-bond donors (Lipinski definition) is 0. The van der Waals surface area contributed by atoms with Crippen molar-refractivity contribution in [2.24, 2.45) is 0 Å². The molecule has 4 aromatic rings. The fourth-order valence-electron chi connectivity index (χ4n) is 2.96. The number of aromatic nitrogens is 1. The maximum atomic E-state index is 10.9. The van der Waals surface area contributed by atoms with Crippen molar-refractivity contribution in [3.8, 4) is 5.69 Å². The summed E-state index contributed by atoms with van der Waals surface area (Å²) in [5, 5.41) is 2.94. The van der Waals surface area contributed by atoms with Crippen molar-refractivity contribution in [3.05, 3.63) is 77.3 Å². The van der Waals surface area contributed by atoms with Crippen LogP contribution in [0.5, 0.6) is 0 Å². The van der Waals surface area contributed by atoms with Gasteiger partial charge in [0.25, 0.3) is 0 Å². The number of fused-ring (bicyclic) bond motifs is 3. The van der Waals surface area contributed by atoms with Crippen molar-refractivity contribution in [2.45, 2.75) is 0 Å². The highest BCUT2D eigenvalue weighted by Crippen LogP contribution is 2.34. The molecule has 0 unspecified atom stereocenters. The number of para-hydroxylation sites is 2. The first-order chi connectivity index (χ1) is 10.8. The van der Waals surface area contributed by atoms with Crippen LogP contribution in [0.2, 0.25) is 5.02 Å². The molecule has 4 rings (SSSR count). The molecule has 0 atom stereocenters. The van der Waals surface area contributed by atoms with E-state index in [1.807, 2.05) is 30.3 Å². The molecule has 0 saturated heterocycles. The predicted molar refractivity (Wildman–Crippen MR) is 91.2 cm³/mol. The lowest BCUT2D eigenvalue weighted by atomic mass is 10.2. The van der Waals surface area contributed by atoms with Crippen LogP contribution in [-0.4, -0.2) is 10.9 Å². The van der Waals surface area contributed by atoms with E-state index in [-0.39, 0.29) is 0 Å². The molecule has 3 aromatic carbocycles. The average molecular weight is 306 g/mol. The Morgan fingerprint density at radius 3 is 1.95 bits per heavy atom. The van der Waals surface area contributed by atoms with Gasteiger partial charge in [0.1, 0.15) is 6.29 Å². The molecule has 0 bridgehead atoms. The summed E-state index contributed by atoms with van der Waals surface area (Å²) in [5.41, 5.74) is 3.66. The Morgan fingerprint density at radius 1 is 0.818 bits per heavy atom. The Labute approximate surface area is 132 Å². The minimum absolute atomic E-state index is 0.566. The van der Waals surface area contributed by atoms with Gasteiger partial charge in [0.15, 0.2) is 0 Å². The van der Waals surface area contributed by atoms with Crippen LogP contribution in [0.15, 0.2) is 66.7 Å². The van der Waals surface area contributed by atoms with Crippen LogP contribution in [0.3, 0.4) is 0 Å². The number of carbonyl (C=O) groups excluding carboxylic acids is 1. The SMILES string of the molecule is O=Cc1ccc(-n2c3ccccc3c3ccccc32)c(Cl)c1. The summed E-state index contributed by atoms with van der Waals surface area (Å²) in [6.07, 6.45) is 0.807. The Balaban J connectivity index is 2.15. The molecule has 0 radical (unpaired) electrons. The van der Waals surface area contributed by atoms with Gasteiger partial charge < -0.3 is 4.57 Å². The maximum absolute atomic E-state index is 10.9. The smallest absolute Gasteiger partial charge is 0.150 e. The zero-order chi connectivity index (χ0) is 15.1. The third kappa shape index (κ3) is 1.85. The van der Waals surface area contributed by atoms with Crippen molar-refractivity contribution >= 4 is 39.7 Å². The van der Waals surface area contributed by atoms with Crippen molar-refractivity contribution in [2.75, 3.05) is 0 Å². The van der Waals surface area contributed by atoms with Crippen molar-refractivity contribution in [3.63, 3.8) is 0 Å². The Kier molecular flexibility index (Phi) is 2.98. The normalized spacial score (nSPS) is 11.1. The van der Waals surface area contributed by atoms with Gasteiger partial charge in [-0.05, 0) is 30.3 Å². The van der Waals surface area contributed by atoms with E-state index in [4.69, 9.17) is 11.6 Å². The van der Waals surface area contributed by atoms with Crippen LogP contribution in [0.1, 0.15) is 10.4 Å². The lowest BCUT2D eigenvalue weighted by Crippen LogP contribution is -1.95. The van der Waals surface area contributed by atoms with E-state index in [9.17, 15) is 4.79 Å². The topological polar surface area (TPSA) is 22.0 Å². The zero-order valence-corrected chi connectivity index (χ0v) is 12.4. The van der Waals surface area contributed by atoms with Gasteiger partial charge in [0.2, 0.25) is 0 Å². The van der Waals surface area contributed by atoms with Crippen LogP contribution < -0.4 is 0 Å². The van der Waals surface area contributed by atoms with E-state index in [0.29, 0.717) is 10.6 Å². The molecule has 1 heterocycles. The lowest BCUT2D eigenvalue weighted by Gasteiger charge is -2.10. The van der Waals surface area contributed by atoms with Crippen molar-refractivity contribution in [1.29, 1.82) is 0 Å². The van der Waals surface area contributed by atoms with E-state index >= 15 is 0 Å². The van der Waals surface area contributed by atoms with E-state index < -0.39 is 0 Å². The van der Waals surface area contributed by atoms with E-state index in [0.717, 1.165) is 23.0 Å².